The zero-order valence-corrected chi connectivity index (χ0v) is 13.4. The Labute approximate surface area is 132 Å². The minimum Gasteiger partial charge on any atom is -0.340 e. The van der Waals surface area contributed by atoms with Crippen molar-refractivity contribution in [2.24, 2.45) is 0 Å². The molecule has 3 heteroatoms. The molecule has 0 aliphatic rings. The van der Waals surface area contributed by atoms with Crippen molar-refractivity contribution in [1.29, 1.82) is 0 Å². The molecule has 0 aliphatic heterocycles. The molecule has 0 radical (unpaired) electrons. The molecule has 0 saturated heterocycles. The van der Waals surface area contributed by atoms with Crippen molar-refractivity contribution in [3.63, 3.8) is 0 Å². The predicted octanol–water partition coefficient (Wildman–Crippen LogP) is 4.85. The average Bonchev–Trinajstić information content (AvgIpc) is 2.89. The summed E-state index contributed by atoms with van der Waals surface area (Å²) < 4.78 is 3.02. The quantitative estimate of drug-likeness (QED) is 0.621. The standard InChI is InChI=1S/C18H16BrNO/c1-2-13-3-5-15(6-4-13)18(21)12-20-10-9-14-7-8-16(19)11-17(14)20/h3-11H,2,12H2,1H3. The van der Waals surface area contributed by atoms with Crippen LogP contribution in [-0.4, -0.2) is 10.4 Å². The maximum absolute atomic E-state index is 12.4. The highest BCUT2D eigenvalue weighted by Gasteiger charge is 2.09. The Morgan fingerprint density at radius 3 is 2.57 bits per heavy atom. The van der Waals surface area contributed by atoms with Gasteiger partial charge in [0.2, 0.25) is 0 Å². The fourth-order valence-electron chi connectivity index (χ4n) is 2.47. The number of carbonyl (C=O) groups excluding carboxylic acids is 1. The molecule has 3 rings (SSSR count). The van der Waals surface area contributed by atoms with E-state index in [1.807, 2.05) is 53.2 Å². The first kappa shape index (κ1) is 14.1. The second-order valence-electron chi connectivity index (χ2n) is 5.12. The van der Waals surface area contributed by atoms with Crippen LogP contribution in [0.2, 0.25) is 0 Å². The lowest BCUT2D eigenvalue weighted by atomic mass is 10.1. The SMILES string of the molecule is CCc1ccc(C(=O)Cn2ccc3ccc(Br)cc32)cc1. The summed E-state index contributed by atoms with van der Waals surface area (Å²) >= 11 is 3.48. The molecule has 106 valence electrons. The van der Waals surface area contributed by atoms with Crippen LogP contribution >= 0.6 is 15.9 Å². The van der Waals surface area contributed by atoms with Crippen LogP contribution in [0.15, 0.2) is 59.2 Å². The number of carbonyl (C=O) groups is 1. The fourth-order valence-corrected chi connectivity index (χ4v) is 2.82. The second-order valence-corrected chi connectivity index (χ2v) is 6.04. The molecule has 0 spiro atoms. The van der Waals surface area contributed by atoms with Gasteiger partial charge in [0.25, 0.3) is 0 Å². The van der Waals surface area contributed by atoms with Crippen molar-refractivity contribution >= 4 is 32.6 Å². The van der Waals surface area contributed by atoms with Crippen LogP contribution in [0.1, 0.15) is 22.8 Å². The number of hydrogen-bond acceptors (Lipinski definition) is 1. The lowest BCUT2D eigenvalue weighted by Gasteiger charge is -2.06. The normalized spacial score (nSPS) is 11.0. The molecule has 0 bridgehead atoms. The third-order valence-electron chi connectivity index (χ3n) is 3.73. The molecule has 0 unspecified atom stereocenters. The molecule has 0 N–H and O–H groups in total. The molecule has 0 atom stereocenters. The zero-order valence-electron chi connectivity index (χ0n) is 11.8. The molecule has 2 nitrogen and oxygen atoms in total. The Bertz CT molecular complexity index is 787. The molecule has 3 aromatic rings. The number of Topliss-reactive ketones (excluding diaryl/α,β-unsaturated/α-hetero) is 1. The monoisotopic (exact) mass is 341 g/mol. The summed E-state index contributed by atoms with van der Waals surface area (Å²) in [6.07, 6.45) is 2.96. The molecule has 21 heavy (non-hydrogen) atoms. The van der Waals surface area contributed by atoms with Gasteiger partial charge in [-0.2, -0.15) is 0 Å². The third kappa shape index (κ3) is 2.93. The molecule has 0 saturated carbocycles. The van der Waals surface area contributed by atoms with Crippen LogP contribution in [0.5, 0.6) is 0 Å². The summed E-state index contributed by atoms with van der Waals surface area (Å²) in [5.74, 6) is 0.134. The number of aryl methyl sites for hydroxylation is 1. The minimum atomic E-state index is 0.134. The molecule has 1 aromatic heterocycles. The van der Waals surface area contributed by atoms with E-state index >= 15 is 0 Å². The van der Waals surface area contributed by atoms with E-state index in [0.717, 1.165) is 27.4 Å². The highest BCUT2D eigenvalue weighted by atomic mass is 79.9. The van der Waals surface area contributed by atoms with Crippen molar-refractivity contribution in [3.05, 3.63) is 70.3 Å². The van der Waals surface area contributed by atoms with E-state index < -0.39 is 0 Å². The van der Waals surface area contributed by atoms with Crippen LogP contribution in [-0.2, 0) is 13.0 Å². The number of nitrogens with zero attached hydrogens (tertiary/aromatic N) is 1. The highest BCUT2D eigenvalue weighted by Crippen LogP contribution is 2.21. The molecule has 0 aliphatic carbocycles. The Kier molecular flexibility index (Phi) is 3.93. The second kappa shape index (κ2) is 5.86. The van der Waals surface area contributed by atoms with Crippen molar-refractivity contribution in [2.75, 3.05) is 0 Å². The number of rotatable bonds is 4. The molecule has 2 aromatic carbocycles. The first-order valence-corrected chi connectivity index (χ1v) is 7.83. The molecule has 0 fully saturated rings. The summed E-state index contributed by atoms with van der Waals surface area (Å²) in [5.41, 5.74) is 3.09. The first-order chi connectivity index (χ1) is 10.2. The van der Waals surface area contributed by atoms with Gasteiger partial charge < -0.3 is 4.57 Å². The Morgan fingerprint density at radius 2 is 1.86 bits per heavy atom. The van der Waals surface area contributed by atoms with Gasteiger partial charge in [-0.1, -0.05) is 53.2 Å². The minimum absolute atomic E-state index is 0.134. The summed E-state index contributed by atoms with van der Waals surface area (Å²) in [7, 11) is 0. The number of halogens is 1. The summed E-state index contributed by atoms with van der Waals surface area (Å²) in [4.78, 5) is 12.4. The third-order valence-corrected chi connectivity index (χ3v) is 4.23. The van der Waals surface area contributed by atoms with Crippen LogP contribution in [0.4, 0.5) is 0 Å². The summed E-state index contributed by atoms with van der Waals surface area (Å²) in [6, 6.07) is 16.0. The van der Waals surface area contributed by atoms with Crippen LogP contribution in [0, 0.1) is 0 Å². The average molecular weight is 342 g/mol. The van der Waals surface area contributed by atoms with E-state index in [1.165, 1.54) is 5.56 Å². The Hall–Kier alpha value is -1.87. The van der Waals surface area contributed by atoms with Gasteiger partial charge in [0.15, 0.2) is 5.78 Å². The predicted molar refractivity (Wildman–Crippen MR) is 89.8 cm³/mol. The molecular formula is C18H16BrNO. The van der Waals surface area contributed by atoms with Crippen LogP contribution < -0.4 is 0 Å². The van der Waals surface area contributed by atoms with E-state index in [9.17, 15) is 4.79 Å². The van der Waals surface area contributed by atoms with E-state index in [2.05, 4.69) is 28.9 Å². The Balaban J connectivity index is 1.87. The van der Waals surface area contributed by atoms with E-state index in [0.29, 0.717) is 6.54 Å². The van der Waals surface area contributed by atoms with Crippen molar-refractivity contribution < 1.29 is 4.79 Å². The van der Waals surface area contributed by atoms with Gasteiger partial charge >= 0.3 is 0 Å². The van der Waals surface area contributed by atoms with Crippen LogP contribution in [0.25, 0.3) is 10.9 Å². The topological polar surface area (TPSA) is 22.0 Å². The van der Waals surface area contributed by atoms with Crippen molar-refractivity contribution in [3.8, 4) is 0 Å². The van der Waals surface area contributed by atoms with E-state index in [1.54, 1.807) is 0 Å². The van der Waals surface area contributed by atoms with Gasteiger partial charge in [-0.15, -0.1) is 0 Å². The lowest BCUT2D eigenvalue weighted by Crippen LogP contribution is -2.09. The lowest BCUT2D eigenvalue weighted by molar-refractivity contribution is 0.0973. The van der Waals surface area contributed by atoms with Crippen LogP contribution in [0.3, 0.4) is 0 Å². The molecule has 0 amide bonds. The largest absolute Gasteiger partial charge is 0.340 e. The number of hydrogen-bond donors (Lipinski definition) is 0. The van der Waals surface area contributed by atoms with Gasteiger partial charge in [0.05, 0.1) is 6.54 Å². The molecule has 1 heterocycles. The van der Waals surface area contributed by atoms with Gasteiger partial charge in [0.1, 0.15) is 0 Å². The fraction of sp³-hybridized carbons (Fsp3) is 0.167. The van der Waals surface area contributed by atoms with Gasteiger partial charge in [-0.3, -0.25) is 4.79 Å². The van der Waals surface area contributed by atoms with E-state index in [-0.39, 0.29) is 5.78 Å². The van der Waals surface area contributed by atoms with E-state index in [4.69, 9.17) is 0 Å². The van der Waals surface area contributed by atoms with Gasteiger partial charge in [-0.05, 0) is 35.6 Å². The van der Waals surface area contributed by atoms with Gasteiger partial charge in [0, 0.05) is 21.7 Å². The summed E-state index contributed by atoms with van der Waals surface area (Å²) in [5, 5.41) is 1.15. The highest BCUT2D eigenvalue weighted by molar-refractivity contribution is 9.10. The number of benzene rings is 2. The van der Waals surface area contributed by atoms with Crippen molar-refractivity contribution in [1.82, 2.24) is 4.57 Å². The maximum atomic E-state index is 12.4. The first-order valence-electron chi connectivity index (χ1n) is 7.04. The summed E-state index contributed by atoms with van der Waals surface area (Å²) in [6.45, 7) is 2.48. The Morgan fingerprint density at radius 1 is 1.10 bits per heavy atom. The zero-order chi connectivity index (χ0) is 14.8. The van der Waals surface area contributed by atoms with Crippen molar-refractivity contribution in [2.45, 2.75) is 19.9 Å². The smallest absolute Gasteiger partial charge is 0.182 e. The number of ketones is 1. The molecular weight excluding hydrogens is 326 g/mol. The number of fused-ring (bicyclic) bond motifs is 1. The number of aromatic nitrogens is 1. The van der Waals surface area contributed by atoms with Gasteiger partial charge in [-0.25, -0.2) is 0 Å². The maximum Gasteiger partial charge on any atom is 0.182 e.